The average Bonchev–Trinajstić information content (AvgIpc) is 2.46. The van der Waals surface area contributed by atoms with E-state index in [1.807, 2.05) is 26.0 Å². The van der Waals surface area contributed by atoms with Crippen LogP contribution in [-0.2, 0) is 9.59 Å². The van der Waals surface area contributed by atoms with Gasteiger partial charge in [-0.05, 0) is 49.2 Å². The molecular weight excluding hydrogens is 278 g/mol. The van der Waals surface area contributed by atoms with Gasteiger partial charge in [0.1, 0.15) is 6.07 Å². The van der Waals surface area contributed by atoms with Crippen molar-refractivity contribution in [1.29, 1.82) is 5.26 Å². The molecular formula is C17H15N3O2. The number of nitrogens with one attached hydrogen (secondary N) is 2. The van der Waals surface area contributed by atoms with Gasteiger partial charge < -0.3 is 10.6 Å². The van der Waals surface area contributed by atoms with Gasteiger partial charge in [0.2, 0.25) is 0 Å². The van der Waals surface area contributed by atoms with Gasteiger partial charge in [0.05, 0.1) is 11.3 Å². The molecule has 0 atom stereocenters. The average molecular weight is 293 g/mol. The summed E-state index contributed by atoms with van der Waals surface area (Å²) in [5, 5.41) is 13.9. The highest BCUT2D eigenvalue weighted by atomic mass is 16.2. The predicted molar refractivity (Wildman–Crippen MR) is 84.3 cm³/mol. The van der Waals surface area contributed by atoms with Crippen LogP contribution < -0.4 is 10.6 Å². The van der Waals surface area contributed by atoms with E-state index in [2.05, 4.69) is 10.6 Å². The van der Waals surface area contributed by atoms with Crippen LogP contribution in [0.15, 0.2) is 42.5 Å². The van der Waals surface area contributed by atoms with E-state index in [9.17, 15) is 9.59 Å². The van der Waals surface area contributed by atoms with Gasteiger partial charge in [-0.2, -0.15) is 5.26 Å². The number of nitriles is 1. The Morgan fingerprint density at radius 3 is 2.18 bits per heavy atom. The van der Waals surface area contributed by atoms with Crippen molar-refractivity contribution in [1.82, 2.24) is 0 Å². The normalized spacial score (nSPS) is 9.68. The Morgan fingerprint density at radius 2 is 1.55 bits per heavy atom. The van der Waals surface area contributed by atoms with Crippen LogP contribution >= 0.6 is 0 Å². The molecule has 0 heterocycles. The van der Waals surface area contributed by atoms with Crippen molar-refractivity contribution >= 4 is 23.2 Å². The summed E-state index contributed by atoms with van der Waals surface area (Å²) in [6.07, 6.45) is 0. The number of carbonyl (C=O) groups excluding carboxylic acids is 2. The Kier molecular flexibility index (Phi) is 4.54. The van der Waals surface area contributed by atoms with Crippen molar-refractivity contribution in [3.05, 3.63) is 59.2 Å². The second-order valence-corrected chi connectivity index (χ2v) is 4.94. The summed E-state index contributed by atoms with van der Waals surface area (Å²) in [5.74, 6) is -1.60. The molecule has 22 heavy (non-hydrogen) atoms. The minimum Gasteiger partial charge on any atom is -0.318 e. The number of amides is 2. The van der Waals surface area contributed by atoms with E-state index >= 15 is 0 Å². The maximum Gasteiger partial charge on any atom is 0.314 e. The fraction of sp³-hybridized carbons (Fsp3) is 0.118. The van der Waals surface area contributed by atoms with Crippen LogP contribution in [-0.4, -0.2) is 11.8 Å². The lowest BCUT2D eigenvalue weighted by Crippen LogP contribution is -2.29. The first kappa shape index (κ1) is 15.3. The van der Waals surface area contributed by atoms with E-state index in [-0.39, 0.29) is 0 Å². The topological polar surface area (TPSA) is 82.0 Å². The van der Waals surface area contributed by atoms with Gasteiger partial charge in [-0.25, -0.2) is 0 Å². The molecule has 0 aromatic heterocycles. The first-order chi connectivity index (χ1) is 10.5. The van der Waals surface area contributed by atoms with Gasteiger partial charge in [0, 0.05) is 5.69 Å². The van der Waals surface area contributed by atoms with Gasteiger partial charge >= 0.3 is 11.8 Å². The van der Waals surface area contributed by atoms with Crippen molar-refractivity contribution in [2.45, 2.75) is 13.8 Å². The highest BCUT2D eigenvalue weighted by Gasteiger charge is 2.15. The van der Waals surface area contributed by atoms with E-state index in [0.717, 1.165) is 11.1 Å². The number of carbonyl (C=O) groups is 2. The maximum absolute atomic E-state index is 11.9. The molecule has 2 rings (SSSR count). The van der Waals surface area contributed by atoms with Gasteiger partial charge in [-0.1, -0.05) is 18.2 Å². The summed E-state index contributed by atoms with van der Waals surface area (Å²) in [7, 11) is 0. The standard InChI is InChI=1S/C17H15N3O2/c1-11-7-12(2)9-14(8-11)19-16(21)17(22)20-15-6-4-3-5-13(15)10-18/h3-9H,1-2H3,(H,19,21)(H,20,22). The molecule has 0 radical (unpaired) electrons. The molecule has 0 unspecified atom stereocenters. The summed E-state index contributed by atoms with van der Waals surface area (Å²) >= 11 is 0. The lowest BCUT2D eigenvalue weighted by molar-refractivity contribution is -0.133. The molecule has 0 saturated heterocycles. The first-order valence-electron chi connectivity index (χ1n) is 6.69. The molecule has 110 valence electrons. The van der Waals surface area contributed by atoms with Crippen LogP contribution in [0.1, 0.15) is 16.7 Å². The Morgan fingerprint density at radius 1 is 0.955 bits per heavy atom. The molecule has 0 saturated carbocycles. The Balaban J connectivity index is 2.10. The molecule has 0 bridgehead atoms. The third-order valence-corrected chi connectivity index (χ3v) is 2.98. The number of hydrogen-bond acceptors (Lipinski definition) is 3. The smallest absolute Gasteiger partial charge is 0.314 e. The second kappa shape index (κ2) is 6.55. The van der Waals surface area contributed by atoms with Crippen LogP contribution in [0.5, 0.6) is 0 Å². The molecule has 2 amide bonds. The van der Waals surface area contributed by atoms with Crippen molar-refractivity contribution in [2.24, 2.45) is 0 Å². The van der Waals surface area contributed by atoms with Crippen LogP contribution in [0.2, 0.25) is 0 Å². The Hall–Kier alpha value is -3.13. The quantitative estimate of drug-likeness (QED) is 0.835. The molecule has 5 heteroatoms. The molecule has 0 fully saturated rings. The molecule has 2 aromatic rings. The highest BCUT2D eigenvalue weighted by molar-refractivity contribution is 6.43. The fourth-order valence-corrected chi connectivity index (χ4v) is 2.10. The molecule has 0 aliphatic heterocycles. The second-order valence-electron chi connectivity index (χ2n) is 4.94. The first-order valence-corrected chi connectivity index (χ1v) is 6.69. The monoisotopic (exact) mass is 293 g/mol. The highest BCUT2D eigenvalue weighted by Crippen LogP contribution is 2.15. The fourth-order valence-electron chi connectivity index (χ4n) is 2.10. The van der Waals surface area contributed by atoms with E-state index < -0.39 is 11.8 Å². The van der Waals surface area contributed by atoms with Crippen molar-refractivity contribution in [2.75, 3.05) is 10.6 Å². The number of rotatable bonds is 2. The number of para-hydroxylation sites is 1. The van der Waals surface area contributed by atoms with Crippen LogP contribution in [0.4, 0.5) is 11.4 Å². The van der Waals surface area contributed by atoms with Crippen molar-refractivity contribution in [3.63, 3.8) is 0 Å². The van der Waals surface area contributed by atoms with E-state index in [1.54, 1.807) is 36.4 Å². The zero-order valence-electron chi connectivity index (χ0n) is 12.3. The third kappa shape index (κ3) is 3.70. The molecule has 2 aromatic carbocycles. The summed E-state index contributed by atoms with van der Waals surface area (Å²) in [5.41, 5.74) is 3.16. The van der Waals surface area contributed by atoms with Crippen molar-refractivity contribution < 1.29 is 9.59 Å². The van der Waals surface area contributed by atoms with Gasteiger partial charge in [-0.15, -0.1) is 0 Å². The Labute approximate surface area is 128 Å². The minimum absolute atomic E-state index is 0.301. The SMILES string of the molecule is Cc1cc(C)cc(NC(=O)C(=O)Nc2ccccc2C#N)c1. The number of aryl methyl sites for hydroxylation is 2. The largest absolute Gasteiger partial charge is 0.318 e. The summed E-state index contributed by atoms with van der Waals surface area (Å²) in [4.78, 5) is 23.9. The zero-order chi connectivity index (χ0) is 16.1. The van der Waals surface area contributed by atoms with E-state index in [4.69, 9.17) is 5.26 Å². The van der Waals surface area contributed by atoms with Crippen molar-refractivity contribution in [3.8, 4) is 6.07 Å². The Bertz CT molecular complexity index is 755. The zero-order valence-corrected chi connectivity index (χ0v) is 12.3. The lowest BCUT2D eigenvalue weighted by atomic mass is 10.1. The minimum atomic E-state index is -0.818. The lowest BCUT2D eigenvalue weighted by Gasteiger charge is -2.09. The molecule has 0 aliphatic carbocycles. The summed E-state index contributed by atoms with van der Waals surface area (Å²) in [6, 6.07) is 14.0. The predicted octanol–water partition coefficient (Wildman–Crippen LogP) is 2.75. The van der Waals surface area contributed by atoms with Gasteiger partial charge in [0.25, 0.3) is 0 Å². The third-order valence-electron chi connectivity index (χ3n) is 2.98. The van der Waals surface area contributed by atoms with Crippen LogP contribution in [0.25, 0.3) is 0 Å². The summed E-state index contributed by atoms with van der Waals surface area (Å²) < 4.78 is 0. The van der Waals surface area contributed by atoms with Gasteiger partial charge in [-0.3, -0.25) is 9.59 Å². The molecule has 0 spiro atoms. The number of benzene rings is 2. The molecule has 5 nitrogen and oxygen atoms in total. The van der Waals surface area contributed by atoms with Gasteiger partial charge in [0.15, 0.2) is 0 Å². The van der Waals surface area contributed by atoms with Crippen LogP contribution in [0.3, 0.4) is 0 Å². The number of nitrogens with zero attached hydrogens (tertiary/aromatic N) is 1. The number of anilines is 2. The van der Waals surface area contributed by atoms with E-state index in [1.165, 1.54) is 0 Å². The number of hydrogen-bond donors (Lipinski definition) is 2. The summed E-state index contributed by atoms with van der Waals surface area (Å²) in [6.45, 7) is 3.82. The molecule has 0 aliphatic rings. The van der Waals surface area contributed by atoms with E-state index in [0.29, 0.717) is 16.9 Å². The molecule has 2 N–H and O–H groups in total. The van der Waals surface area contributed by atoms with Crippen LogP contribution in [0, 0.1) is 25.2 Å². The maximum atomic E-state index is 11.9.